The third-order valence-corrected chi connectivity index (χ3v) is 3.62. The molecule has 0 saturated heterocycles. The maximum absolute atomic E-state index is 6.04. The zero-order valence-electron chi connectivity index (χ0n) is 13.3. The minimum absolute atomic E-state index is 0.446. The van der Waals surface area contributed by atoms with E-state index in [1.807, 2.05) is 60.5 Å². The van der Waals surface area contributed by atoms with Crippen molar-refractivity contribution in [1.82, 2.24) is 15.0 Å². The van der Waals surface area contributed by atoms with Crippen molar-refractivity contribution >= 4 is 34.9 Å². The highest BCUT2D eigenvalue weighted by atomic mass is 35.5. The number of aromatic nitrogens is 3. The number of hydrogen-bond acceptors (Lipinski definition) is 6. The minimum atomic E-state index is 0.446. The van der Waals surface area contributed by atoms with Crippen molar-refractivity contribution in [2.45, 2.75) is 0 Å². The molecule has 1 N–H and O–H groups in total. The van der Waals surface area contributed by atoms with Crippen molar-refractivity contribution in [3.8, 4) is 5.75 Å². The predicted molar refractivity (Wildman–Crippen MR) is 95.6 cm³/mol. The van der Waals surface area contributed by atoms with E-state index in [4.69, 9.17) is 16.3 Å². The van der Waals surface area contributed by atoms with Crippen molar-refractivity contribution in [3.63, 3.8) is 0 Å². The number of nitrogens with zero attached hydrogens (tertiary/aromatic N) is 4. The van der Waals surface area contributed by atoms with Gasteiger partial charge in [0, 0.05) is 29.5 Å². The molecule has 0 unspecified atom stereocenters. The number of hydrogen-bond donors (Lipinski definition) is 1. The van der Waals surface area contributed by atoms with E-state index in [0.717, 1.165) is 17.1 Å². The predicted octanol–water partition coefficient (Wildman–Crippen LogP) is 4.05. The number of benzene rings is 2. The highest BCUT2D eigenvalue weighted by Gasteiger charge is 2.09. The van der Waals surface area contributed by atoms with Crippen LogP contribution in [0.15, 0.2) is 54.9 Å². The van der Waals surface area contributed by atoms with Gasteiger partial charge >= 0.3 is 0 Å². The molecule has 3 rings (SSSR count). The molecule has 0 aliphatic carbocycles. The molecule has 0 fully saturated rings. The number of nitrogens with one attached hydrogen (secondary N) is 1. The Labute approximate surface area is 145 Å². The van der Waals surface area contributed by atoms with E-state index in [9.17, 15) is 0 Å². The first-order chi connectivity index (χ1) is 11.7. The van der Waals surface area contributed by atoms with Gasteiger partial charge in [0.15, 0.2) is 0 Å². The second-order valence-corrected chi connectivity index (χ2v) is 5.44. The molecule has 0 amide bonds. The summed E-state index contributed by atoms with van der Waals surface area (Å²) in [6, 6.07) is 15.0. The summed E-state index contributed by atoms with van der Waals surface area (Å²) in [5, 5.41) is 3.80. The van der Waals surface area contributed by atoms with Gasteiger partial charge in [-0.2, -0.15) is 4.98 Å². The van der Waals surface area contributed by atoms with Crippen LogP contribution >= 0.6 is 11.6 Å². The van der Waals surface area contributed by atoms with Gasteiger partial charge in [0.25, 0.3) is 0 Å². The zero-order valence-corrected chi connectivity index (χ0v) is 14.0. The quantitative estimate of drug-likeness (QED) is 0.755. The Morgan fingerprint density at radius 1 is 1.08 bits per heavy atom. The van der Waals surface area contributed by atoms with Crippen LogP contribution in [0.25, 0.3) is 0 Å². The second kappa shape index (κ2) is 7.14. The van der Waals surface area contributed by atoms with E-state index in [1.165, 1.54) is 6.33 Å². The van der Waals surface area contributed by atoms with Gasteiger partial charge < -0.3 is 15.0 Å². The molecule has 0 bridgehead atoms. The van der Waals surface area contributed by atoms with E-state index < -0.39 is 0 Å². The van der Waals surface area contributed by atoms with Crippen LogP contribution in [-0.2, 0) is 0 Å². The molecule has 0 saturated carbocycles. The average molecular weight is 342 g/mol. The summed E-state index contributed by atoms with van der Waals surface area (Å²) >= 11 is 6.04. The summed E-state index contributed by atoms with van der Waals surface area (Å²) in [6.45, 7) is 0. The minimum Gasteiger partial charge on any atom is -0.497 e. The van der Waals surface area contributed by atoms with Crippen LogP contribution < -0.4 is 15.0 Å². The fraction of sp³-hybridized carbons (Fsp3) is 0.118. The van der Waals surface area contributed by atoms with Crippen molar-refractivity contribution in [2.24, 2.45) is 0 Å². The molecule has 0 aliphatic rings. The molecule has 0 radical (unpaired) electrons. The normalized spacial score (nSPS) is 10.3. The van der Waals surface area contributed by atoms with E-state index in [2.05, 4.69) is 20.3 Å². The highest BCUT2D eigenvalue weighted by Crippen LogP contribution is 2.24. The molecule has 122 valence electrons. The van der Waals surface area contributed by atoms with Crippen molar-refractivity contribution < 1.29 is 4.74 Å². The molecular formula is C17H16ClN5O. The lowest BCUT2D eigenvalue weighted by atomic mass is 10.3. The SMILES string of the molecule is COc1cccc(Nc2ncnc(N(C)c3cccc(Cl)c3)n2)c1. The third kappa shape index (κ3) is 3.72. The maximum atomic E-state index is 6.04. The number of anilines is 4. The summed E-state index contributed by atoms with van der Waals surface area (Å²) in [4.78, 5) is 14.6. The number of halogens is 1. The van der Waals surface area contributed by atoms with Gasteiger partial charge in [-0.3, -0.25) is 0 Å². The number of ether oxygens (including phenoxy) is 1. The monoisotopic (exact) mass is 341 g/mol. The van der Waals surface area contributed by atoms with Crippen LogP contribution in [0.1, 0.15) is 0 Å². The largest absolute Gasteiger partial charge is 0.497 e. The number of rotatable bonds is 5. The highest BCUT2D eigenvalue weighted by molar-refractivity contribution is 6.30. The Kier molecular flexibility index (Phi) is 4.77. The van der Waals surface area contributed by atoms with E-state index in [0.29, 0.717) is 16.9 Å². The van der Waals surface area contributed by atoms with Gasteiger partial charge in [0.2, 0.25) is 11.9 Å². The lowest BCUT2D eigenvalue weighted by molar-refractivity contribution is 0.415. The van der Waals surface area contributed by atoms with Gasteiger partial charge in [-0.05, 0) is 30.3 Å². The zero-order chi connectivity index (χ0) is 16.9. The Balaban J connectivity index is 1.83. The van der Waals surface area contributed by atoms with Crippen molar-refractivity contribution in [2.75, 3.05) is 24.4 Å². The molecule has 1 heterocycles. The summed E-state index contributed by atoms with van der Waals surface area (Å²) in [7, 11) is 3.50. The molecule has 0 spiro atoms. The number of methoxy groups -OCH3 is 1. The summed E-state index contributed by atoms with van der Waals surface area (Å²) in [5.74, 6) is 1.71. The summed E-state index contributed by atoms with van der Waals surface area (Å²) in [5.41, 5.74) is 1.72. The first-order valence-corrected chi connectivity index (χ1v) is 7.63. The standard InChI is InChI=1S/C17H16ClN5O/c1-23(14-7-3-5-12(18)9-14)17-20-11-19-16(22-17)21-13-6-4-8-15(10-13)24-2/h3-11H,1-2H3,(H,19,20,21,22). The van der Waals surface area contributed by atoms with Gasteiger partial charge in [0.05, 0.1) is 7.11 Å². The van der Waals surface area contributed by atoms with Gasteiger partial charge in [-0.25, -0.2) is 9.97 Å². The van der Waals surface area contributed by atoms with Gasteiger partial charge in [-0.15, -0.1) is 0 Å². The smallest absolute Gasteiger partial charge is 0.234 e. The van der Waals surface area contributed by atoms with Crippen molar-refractivity contribution in [1.29, 1.82) is 0 Å². The Morgan fingerprint density at radius 2 is 1.92 bits per heavy atom. The van der Waals surface area contributed by atoms with E-state index >= 15 is 0 Å². The first kappa shape index (κ1) is 16.0. The van der Waals surface area contributed by atoms with Crippen LogP contribution in [0, 0.1) is 0 Å². The third-order valence-electron chi connectivity index (χ3n) is 3.38. The van der Waals surface area contributed by atoms with Crippen LogP contribution in [0.3, 0.4) is 0 Å². The second-order valence-electron chi connectivity index (χ2n) is 5.00. The fourth-order valence-corrected chi connectivity index (χ4v) is 2.32. The van der Waals surface area contributed by atoms with Crippen LogP contribution in [0.5, 0.6) is 5.75 Å². The molecule has 6 nitrogen and oxygen atoms in total. The van der Waals surface area contributed by atoms with Gasteiger partial charge in [0.1, 0.15) is 12.1 Å². The molecule has 2 aromatic carbocycles. The molecule has 7 heteroatoms. The molecule has 1 aromatic heterocycles. The Morgan fingerprint density at radius 3 is 2.71 bits per heavy atom. The Bertz CT molecular complexity index is 842. The molecule has 0 aliphatic heterocycles. The average Bonchev–Trinajstić information content (AvgIpc) is 2.61. The van der Waals surface area contributed by atoms with Gasteiger partial charge in [-0.1, -0.05) is 23.7 Å². The molecule has 0 atom stereocenters. The molecule has 24 heavy (non-hydrogen) atoms. The summed E-state index contributed by atoms with van der Waals surface area (Å²) < 4.78 is 5.21. The topological polar surface area (TPSA) is 63.2 Å². The lowest BCUT2D eigenvalue weighted by Crippen LogP contribution is -2.14. The molecule has 3 aromatic rings. The first-order valence-electron chi connectivity index (χ1n) is 7.25. The van der Waals surface area contributed by atoms with E-state index in [1.54, 1.807) is 7.11 Å². The van der Waals surface area contributed by atoms with Crippen LogP contribution in [-0.4, -0.2) is 29.1 Å². The summed E-state index contributed by atoms with van der Waals surface area (Å²) in [6.07, 6.45) is 1.46. The van der Waals surface area contributed by atoms with E-state index in [-0.39, 0.29) is 0 Å². The fourth-order valence-electron chi connectivity index (χ4n) is 2.14. The Hall–Kier alpha value is -2.86. The lowest BCUT2D eigenvalue weighted by Gasteiger charge is -2.17. The van der Waals surface area contributed by atoms with Crippen molar-refractivity contribution in [3.05, 3.63) is 59.9 Å². The molecular weight excluding hydrogens is 326 g/mol. The maximum Gasteiger partial charge on any atom is 0.234 e. The van der Waals surface area contributed by atoms with Crippen LogP contribution in [0.2, 0.25) is 5.02 Å². The van der Waals surface area contributed by atoms with Crippen LogP contribution in [0.4, 0.5) is 23.3 Å².